The SMILES string of the molecule is CCCN1CCC(CN=C(NCC)N2CCC(CN(CC)C(=O)OC(C)(C)C)CC2)C1.I. The van der Waals surface area contributed by atoms with Crippen molar-refractivity contribution in [1.29, 1.82) is 0 Å². The van der Waals surface area contributed by atoms with E-state index in [1.807, 2.05) is 32.6 Å². The number of rotatable bonds is 8. The Balaban J connectivity index is 0.00000512. The molecule has 0 aliphatic carbocycles. The maximum Gasteiger partial charge on any atom is 0.410 e. The summed E-state index contributed by atoms with van der Waals surface area (Å²) in [4.78, 5) is 24.3. The molecule has 2 rings (SSSR count). The number of nitrogens with one attached hydrogen (secondary N) is 1. The highest BCUT2D eigenvalue weighted by Gasteiger charge is 2.27. The lowest BCUT2D eigenvalue weighted by molar-refractivity contribution is 0.0214. The number of amides is 1. The highest BCUT2D eigenvalue weighted by molar-refractivity contribution is 14.0. The number of likely N-dealkylation sites (tertiary alicyclic amines) is 2. The molecule has 1 atom stereocenters. The van der Waals surface area contributed by atoms with Crippen LogP contribution in [0.5, 0.6) is 0 Å². The molecule has 0 spiro atoms. The molecule has 0 aromatic heterocycles. The highest BCUT2D eigenvalue weighted by atomic mass is 127. The van der Waals surface area contributed by atoms with Crippen LogP contribution in [0.1, 0.15) is 67.2 Å². The minimum absolute atomic E-state index is 0. The number of hydrogen-bond donors (Lipinski definition) is 1. The molecule has 0 aromatic rings. The quantitative estimate of drug-likeness (QED) is 0.271. The average molecular weight is 566 g/mol. The summed E-state index contributed by atoms with van der Waals surface area (Å²) < 4.78 is 5.57. The molecular weight excluding hydrogens is 517 g/mol. The Morgan fingerprint density at radius 1 is 1.09 bits per heavy atom. The predicted octanol–water partition coefficient (Wildman–Crippen LogP) is 4.27. The second kappa shape index (κ2) is 14.5. The summed E-state index contributed by atoms with van der Waals surface area (Å²) in [6.07, 6.45) is 4.47. The normalized spacial score (nSPS) is 20.8. The van der Waals surface area contributed by atoms with Crippen molar-refractivity contribution in [3.05, 3.63) is 0 Å². The number of piperidine rings is 1. The molecule has 2 aliphatic heterocycles. The van der Waals surface area contributed by atoms with Gasteiger partial charge in [0.1, 0.15) is 5.60 Å². The molecule has 0 saturated carbocycles. The average Bonchev–Trinajstić information content (AvgIpc) is 3.16. The summed E-state index contributed by atoms with van der Waals surface area (Å²) in [6, 6.07) is 0. The Kier molecular flexibility index (Phi) is 13.2. The van der Waals surface area contributed by atoms with Crippen LogP contribution in [0.4, 0.5) is 4.79 Å². The highest BCUT2D eigenvalue weighted by Crippen LogP contribution is 2.21. The molecule has 2 saturated heterocycles. The van der Waals surface area contributed by atoms with Gasteiger partial charge in [0, 0.05) is 45.8 Å². The number of carbonyl (C=O) groups excluding carboxylic acids is 1. The summed E-state index contributed by atoms with van der Waals surface area (Å²) in [7, 11) is 0. The van der Waals surface area contributed by atoms with E-state index < -0.39 is 5.60 Å². The number of carbonyl (C=O) groups is 1. The minimum atomic E-state index is -0.446. The first-order valence-corrected chi connectivity index (χ1v) is 12.5. The third-order valence-corrected chi connectivity index (χ3v) is 6.17. The third kappa shape index (κ3) is 10.0. The molecule has 1 N–H and O–H groups in total. The summed E-state index contributed by atoms with van der Waals surface area (Å²) in [6.45, 7) is 21.1. The van der Waals surface area contributed by atoms with Crippen molar-refractivity contribution in [2.24, 2.45) is 16.8 Å². The fraction of sp³-hybridized carbons (Fsp3) is 0.917. The van der Waals surface area contributed by atoms with E-state index in [0.29, 0.717) is 18.4 Å². The van der Waals surface area contributed by atoms with Gasteiger partial charge < -0.3 is 24.8 Å². The van der Waals surface area contributed by atoms with Crippen molar-refractivity contribution in [2.45, 2.75) is 72.8 Å². The van der Waals surface area contributed by atoms with Gasteiger partial charge in [-0.3, -0.25) is 4.99 Å². The van der Waals surface area contributed by atoms with Crippen molar-refractivity contribution >= 4 is 36.0 Å². The Morgan fingerprint density at radius 2 is 1.75 bits per heavy atom. The smallest absolute Gasteiger partial charge is 0.410 e. The second-order valence-corrected chi connectivity index (χ2v) is 10.1. The third-order valence-electron chi connectivity index (χ3n) is 6.17. The minimum Gasteiger partial charge on any atom is -0.444 e. The Hall–Kier alpha value is -0.770. The van der Waals surface area contributed by atoms with Crippen LogP contribution < -0.4 is 5.32 Å². The van der Waals surface area contributed by atoms with Gasteiger partial charge in [0.2, 0.25) is 0 Å². The van der Waals surface area contributed by atoms with Gasteiger partial charge in [0.15, 0.2) is 5.96 Å². The first kappa shape index (κ1) is 29.3. The van der Waals surface area contributed by atoms with E-state index in [-0.39, 0.29) is 30.1 Å². The molecule has 0 bridgehead atoms. The first-order valence-electron chi connectivity index (χ1n) is 12.5. The van der Waals surface area contributed by atoms with Crippen molar-refractivity contribution in [3.8, 4) is 0 Å². The van der Waals surface area contributed by atoms with Gasteiger partial charge in [-0.25, -0.2) is 4.79 Å². The van der Waals surface area contributed by atoms with Gasteiger partial charge in [0.05, 0.1) is 0 Å². The number of aliphatic imine (C=N–C) groups is 1. The molecule has 7 nitrogen and oxygen atoms in total. The molecule has 0 radical (unpaired) electrons. The summed E-state index contributed by atoms with van der Waals surface area (Å²) in [5.74, 6) is 2.27. The number of halogens is 1. The van der Waals surface area contributed by atoms with Gasteiger partial charge >= 0.3 is 6.09 Å². The second-order valence-electron chi connectivity index (χ2n) is 10.1. The Morgan fingerprint density at radius 3 is 2.31 bits per heavy atom. The van der Waals surface area contributed by atoms with Crippen molar-refractivity contribution in [1.82, 2.24) is 20.0 Å². The molecule has 2 aliphatic rings. The van der Waals surface area contributed by atoms with Crippen LogP contribution in [-0.4, -0.2) is 91.3 Å². The van der Waals surface area contributed by atoms with E-state index >= 15 is 0 Å². The number of ether oxygens (including phenoxy) is 1. The number of guanidine groups is 1. The maximum atomic E-state index is 12.5. The molecule has 0 aromatic carbocycles. The van der Waals surface area contributed by atoms with E-state index in [1.165, 1.54) is 32.5 Å². The van der Waals surface area contributed by atoms with Crippen LogP contribution in [0, 0.1) is 11.8 Å². The monoisotopic (exact) mass is 565 g/mol. The molecular formula is C24H48IN5O2. The standard InChI is InChI=1S/C24H47N5O2.HI/c1-7-13-27-14-10-21(18-27)17-26-22(25-8-2)29-15-11-20(12-16-29)19-28(9-3)23(30)31-24(4,5)6;/h20-21H,7-19H2,1-6H3,(H,25,26);1H. The van der Waals surface area contributed by atoms with Gasteiger partial charge in [-0.1, -0.05) is 6.92 Å². The topological polar surface area (TPSA) is 60.4 Å². The maximum absolute atomic E-state index is 12.5. The summed E-state index contributed by atoms with van der Waals surface area (Å²) >= 11 is 0. The summed E-state index contributed by atoms with van der Waals surface area (Å²) in [5.41, 5.74) is -0.446. The zero-order valence-corrected chi connectivity index (χ0v) is 23.7. The Bertz CT molecular complexity index is 573. The van der Waals surface area contributed by atoms with Crippen LogP contribution in [0.3, 0.4) is 0 Å². The van der Waals surface area contributed by atoms with E-state index in [0.717, 1.165) is 51.5 Å². The van der Waals surface area contributed by atoms with Gasteiger partial charge in [-0.05, 0) is 85.2 Å². The van der Waals surface area contributed by atoms with Crippen LogP contribution >= 0.6 is 24.0 Å². The first-order chi connectivity index (χ1) is 14.8. The van der Waals surface area contributed by atoms with Crippen LogP contribution in [0.15, 0.2) is 4.99 Å². The fourth-order valence-electron chi connectivity index (χ4n) is 4.52. The molecule has 8 heteroatoms. The van der Waals surface area contributed by atoms with Gasteiger partial charge in [-0.15, -0.1) is 24.0 Å². The zero-order chi connectivity index (χ0) is 22.9. The van der Waals surface area contributed by atoms with E-state index in [2.05, 4.69) is 29.0 Å². The van der Waals surface area contributed by atoms with Crippen molar-refractivity contribution in [3.63, 3.8) is 0 Å². The van der Waals surface area contributed by atoms with E-state index in [9.17, 15) is 4.79 Å². The lowest BCUT2D eigenvalue weighted by Crippen LogP contribution is -2.48. The number of hydrogen-bond acceptors (Lipinski definition) is 4. The fourth-order valence-corrected chi connectivity index (χ4v) is 4.52. The molecule has 2 fully saturated rings. The van der Waals surface area contributed by atoms with Crippen molar-refractivity contribution in [2.75, 3.05) is 58.9 Å². The lowest BCUT2D eigenvalue weighted by Gasteiger charge is -2.36. The largest absolute Gasteiger partial charge is 0.444 e. The van der Waals surface area contributed by atoms with Crippen LogP contribution in [0.25, 0.3) is 0 Å². The molecule has 188 valence electrons. The van der Waals surface area contributed by atoms with E-state index in [4.69, 9.17) is 9.73 Å². The van der Waals surface area contributed by atoms with Gasteiger partial charge in [-0.2, -0.15) is 0 Å². The summed E-state index contributed by atoms with van der Waals surface area (Å²) in [5, 5.41) is 3.50. The molecule has 32 heavy (non-hydrogen) atoms. The van der Waals surface area contributed by atoms with Crippen LogP contribution in [-0.2, 0) is 4.74 Å². The van der Waals surface area contributed by atoms with Gasteiger partial charge in [0.25, 0.3) is 0 Å². The Labute approximate surface area is 213 Å². The number of nitrogens with zero attached hydrogens (tertiary/aromatic N) is 4. The van der Waals surface area contributed by atoms with E-state index in [1.54, 1.807) is 0 Å². The van der Waals surface area contributed by atoms with Crippen LogP contribution in [0.2, 0.25) is 0 Å². The predicted molar refractivity (Wildman–Crippen MR) is 144 cm³/mol. The molecule has 2 heterocycles. The van der Waals surface area contributed by atoms with Crippen molar-refractivity contribution < 1.29 is 9.53 Å². The molecule has 1 unspecified atom stereocenters. The lowest BCUT2D eigenvalue weighted by atomic mass is 9.96. The molecule has 1 amide bonds. The zero-order valence-electron chi connectivity index (χ0n) is 21.4.